The van der Waals surface area contributed by atoms with Gasteiger partial charge in [-0.05, 0) is 30.0 Å². The Morgan fingerprint density at radius 1 is 1.16 bits per heavy atom. The summed E-state index contributed by atoms with van der Waals surface area (Å²) in [6, 6.07) is 4.24. The van der Waals surface area contributed by atoms with Gasteiger partial charge in [0.25, 0.3) is 0 Å². The van der Waals surface area contributed by atoms with E-state index >= 15 is 0 Å². The summed E-state index contributed by atoms with van der Waals surface area (Å²) in [5.41, 5.74) is 3.60. The molecule has 3 heterocycles. The van der Waals surface area contributed by atoms with Crippen molar-refractivity contribution in [1.82, 2.24) is 9.55 Å². The van der Waals surface area contributed by atoms with Gasteiger partial charge in [-0.25, -0.2) is 14.6 Å². The minimum Gasteiger partial charge on any atom is -0.478 e. The third-order valence-electron chi connectivity index (χ3n) is 3.05. The summed E-state index contributed by atoms with van der Waals surface area (Å²) in [6.45, 7) is 2.13. The van der Waals surface area contributed by atoms with Crippen LogP contribution in [0.2, 0.25) is 0 Å². The van der Waals surface area contributed by atoms with Crippen LogP contribution in [0.25, 0.3) is 21.1 Å². The molecular weight excluding hydrogens is 360 g/mol. The Kier molecular flexibility index (Phi) is 6.26. The normalized spacial score (nSPS) is 10.5. The number of nitrogens with zero attached hydrogens (tertiary/aromatic N) is 2. The lowest BCUT2D eigenvalue weighted by Gasteiger charge is -1.93. The van der Waals surface area contributed by atoms with Gasteiger partial charge in [-0.3, -0.25) is 0 Å². The molecule has 3 aromatic rings. The lowest BCUT2D eigenvalue weighted by Crippen LogP contribution is -1.91. The lowest BCUT2D eigenvalue weighted by atomic mass is 10.2. The van der Waals surface area contributed by atoms with Crippen LogP contribution < -0.4 is 0 Å². The van der Waals surface area contributed by atoms with Crippen molar-refractivity contribution in [3.63, 3.8) is 0 Å². The summed E-state index contributed by atoms with van der Waals surface area (Å²) >= 11 is 3.46. The fraction of sp³-hybridized carbons (Fsp3) is 0.118. The van der Waals surface area contributed by atoms with Crippen LogP contribution in [0, 0.1) is 6.92 Å². The average Bonchev–Trinajstić information content (AvgIpc) is 3.26. The van der Waals surface area contributed by atoms with Gasteiger partial charge in [-0.1, -0.05) is 0 Å². The van der Waals surface area contributed by atoms with Crippen molar-refractivity contribution in [2.75, 3.05) is 0 Å². The summed E-state index contributed by atoms with van der Waals surface area (Å²) in [5, 5.41) is 21.0. The molecule has 0 aromatic carbocycles. The fourth-order valence-electron chi connectivity index (χ4n) is 1.92. The molecule has 0 fully saturated rings. The number of aromatic nitrogens is 2. The van der Waals surface area contributed by atoms with Crippen LogP contribution in [0.5, 0.6) is 0 Å². The van der Waals surface area contributed by atoms with E-state index in [-0.39, 0.29) is 0 Å². The topological polar surface area (TPSA) is 92.4 Å². The monoisotopic (exact) mass is 376 g/mol. The summed E-state index contributed by atoms with van der Waals surface area (Å²) in [7, 11) is 2.03. The van der Waals surface area contributed by atoms with Gasteiger partial charge in [0.05, 0.1) is 10.6 Å². The fourth-order valence-corrected chi connectivity index (χ4v) is 3.68. The van der Waals surface area contributed by atoms with E-state index in [2.05, 4.69) is 36.0 Å². The lowest BCUT2D eigenvalue weighted by molar-refractivity contribution is -0.134. The Labute approximate surface area is 152 Å². The first kappa shape index (κ1) is 18.6. The van der Waals surface area contributed by atoms with E-state index in [4.69, 9.17) is 15.2 Å². The maximum atomic E-state index is 9.55. The highest BCUT2D eigenvalue weighted by molar-refractivity contribution is 7.15. The Bertz CT molecular complexity index is 889. The molecule has 8 heteroatoms. The SMILES string of the molecule is Cc1ccsc1-c1csc(-c2ccn(C)c2)n1.O=C(O)/C=C/C(=O)O. The number of aliphatic carboxylic acids is 2. The molecule has 0 aliphatic carbocycles. The van der Waals surface area contributed by atoms with Crippen molar-refractivity contribution >= 4 is 34.6 Å². The van der Waals surface area contributed by atoms with E-state index in [1.807, 2.05) is 17.8 Å². The van der Waals surface area contributed by atoms with Crippen LogP contribution in [0.1, 0.15) is 5.56 Å². The standard InChI is InChI=1S/C13H12N2S2.C4H4O4/c1-9-4-6-16-12(9)11-8-17-13(14-11)10-3-5-15(2)7-10;5-3(6)1-2-4(7)8/h3-8H,1-2H3;1-2H,(H,5,6)(H,7,8)/b;2-1+. The summed E-state index contributed by atoms with van der Waals surface area (Å²) in [5.74, 6) is -2.51. The smallest absolute Gasteiger partial charge is 0.328 e. The van der Waals surface area contributed by atoms with E-state index in [1.54, 1.807) is 22.7 Å². The molecule has 0 atom stereocenters. The molecule has 6 nitrogen and oxygen atoms in total. The summed E-state index contributed by atoms with van der Waals surface area (Å²) in [4.78, 5) is 25.1. The number of carbonyl (C=O) groups is 2. The van der Waals surface area contributed by atoms with E-state index in [0.717, 1.165) is 10.7 Å². The van der Waals surface area contributed by atoms with Crippen LogP contribution in [-0.4, -0.2) is 31.7 Å². The first-order valence-electron chi connectivity index (χ1n) is 7.13. The minimum atomic E-state index is -1.26. The average molecular weight is 376 g/mol. The van der Waals surface area contributed by atoms with Crippen molar-refractivity contribution in [3.05, 3.63) is 53.0 Å². The van der Waals surface area contributed by atoms with Crippen molar-refractivity contribution in [2.45, 2.75) is 6.92 Å². The van der Waals surface area contributed by atoms with Gasteiger partial charge in [-0.2, -0.15) is 0 Å². The Hall–Kier alpha value is -2.71. The molecule has 25 heavy (non-hydrogen) atoms. The largest absolute Gasteiger partial charge is 0.478 e. The van der Waals surface area contributed by atoms with Gasteiger partial charge in [0, 0.05) is 42.5 Å². The second kappa shape index (κ2) is 8.41. The second-order valence-electron chi connectivity index (χ2n) is 5.05. The zero-order chi connectivity index (χ0) is 18.4. The molecular formula is C17H16N2O4S2. The zero-order valence-electron chi connectivity index (χ0n) is 13.5. The number of thiazole rings is 1. The molecule has 0 amide bonds. The number of thiophene rings is 1. The predicted molar refractivity (Wildman–Crippen MR) is 99.0 cm³/mol. The van der Waals surface area contributed by atoms with Crippen molar-refractivity contribution in [2.24, 2.45) is 7.05 Å². The van der Waals surface area contributed by atoms with Crippen LogP contribution in [0.3, 0.4) is 0 Å². The number of carboxylic acid groups (broad SMARTS) is 2. The molecule has 0 unspecified atom stereocenters. The van der Waals surface area contributed by atoms with Crippen LogP contribution in [-0.2, 0) is 16.6 Å². The molecule has 0 saturated carbocycles. The molecule has 0 bridgehead atoms. The van der Waals surface area contributed by atoms with Crippen molar-refractivity contribution < 1.29 is 19.8 Å². The Morgan fingerprint density at radius 2 is 1.84 bits per heavy atom. The highest BCUT2D eigenvalue weighted by Gasteiger charge is 2.10. The van der Waals surface area contributed by atoms with E-state index < -0.39 is 11.9 Å². The summed E-state index contributed by atoms with van der Waals surface area (Å²) in [6.07, 6.45) is 5.27. The maximum absolute atomic E-state index is 9.55. The third-order valence-corrected chi connectivity index (χ3v) is 4.98. The molecule has 0 aliphatic heterocycles. The van der Waals surface area contributed by atoms with Crippen LogP contribution in [0.15, 0.2) is 47.4 Å². The van der Waals surface area contributed by atoms with Crippen molar-refractivity contribution in [1.29, 1.82) is 0 Å². The maximum Gasteiger partial charge on any atom is 0.328 e. The van der Waals surface area contributed by atoms with Gasteiger partial charge in [0.1, 0.15) is 5.01 Å². The van der Waals surface area contributed by atoms with E-state index in [9.17, 15) is 9.59 Å². The number of aryl methyl sites for hydroxylation is 2. The number of carboxylic acids is 2. The van der Waals surface area contributed by atoms with E-state index in [0.29, 0.717) is 12.2 Å². The molecule has 2 N–H and O–H groups in total. The highest BCUT2D eigenvalue weighted by Crippen LogP contribution is 2.33. The van der Waals surface area contributed by atoms with Gasteiger partial charge in [0.15, 0.2) is 0 Å². The number of rotatable bonds is 4. The Balaban J connectivity index is 0.000000242. The van der Waals surface area contributed by atoms with Crippen LogP contribution in [0.4, 0.5) is 0 Å². The van der Waals surface area contributed by atoms with Gasteiger partial charge in [-0.15, -0.1) is 22.7 Å². The van der Waals surface area contributed by atoms with Crippen molar-refractivity contribution in [3.8, 4) is 21.1 Å². The van der Waals surface area contributed by atoms with Gasteiger partial charge < -0.3 is 14.8 Å². The highest BCUT2D eigenvalue weighted by atomic mass is 32.1. The first-order valence-corrected chi connectivity index (χ1v) is 8.89. The first-order chi connectivity index (χ1) is 11.9. The van der Waals surface area contributed by atoms with Gasteiger partial charge >= 0.3 is 11.9 Å². The van der Waals surface area contributed by atoms with Gasteiger partial charge in [0.2, 0.25) is 0 Å². The zero-order valence-corrected chi connectivity index (χ0v) is 15.2. The van der Waals surface area contributed by atoms with E-state index in [1.165, 1.54) is 16.0 Å². The molecule has 0 spiro atoms. The number of hydrogen-bond donors (Lipinski definition) is 2. The summed E-state index contributed by atoms with van der Waals surface area (Å²) < 4.78 is 2.05. The quantitative estimate of drug-likeness (QED) is 0.674. The molecule has 0 radical (unpaired) electrons. The minimum absolute atomic E-state index is 0.558. The molecule has 130 valence electrons. The molecule has 0 aliphatic rings. The third kappa shape index (κ3) is 5.40. The molecule has 3 rings (SSSR count). The molecule has 3 aromatic heterocycles. The molecule has 0 saturated heterocycles. The Morgan fingerprint density at radius 3 is 2.32 bits per heavy atom. The predicted octanol–water partition coefficient (Wildman–Crippen LogP) is 3.90. The number of hydrogen-bond acceptors (Lipinski definition) is 5. The van der Waals surface area contributed by atoms with Crippen LogP contribution >= 0.6 is 22.7 Å². The second-order valence-corrected chi connectivity index (χ2v) is 6.82.